The molecule has 0 spiro atoms. The van der Waals surface area contributed by atoms with Gasteiger partial charge in [0, 0.05) is 25.7 Å². The zero-order chi connectivity index (χ0) is 19.4. The van der Waals surface area contributed by atoms with Gasteiger partial charge in [0.15, 0.2) is 0 Å². The number of carbonyl (C=O) groups is 1. The third kappa shape index (κ3) is 6.16. The standard InChI is InChI=1S/C22H41N3O2/c1-16-6-5-7-21(19(16)4)23-22(26)15-24-10-8-20(9-11-24)14-25-12-17(2)27-18(3)13-25/h16-21H,5-15H2,1-4H3,(H,23,26). The first-order valence-electron chi connectivity index (χ1n) is 11.3. The molecule has 2 saturated heterocycles. The van der Waals surface area contributed by atoms with Crippen molar-refractivity contribution in [3.8, 4) is 0 Å². The van der Waals surface area contributed by atoms with E-state index >= 15 is 0 Å². The summed E-state index contributed by atoms with van der Waals surface area (Å²) in [5.41, 5.74) is 0. The number of hydrogen-bond donors (Lipinski definition) is 1. The SMILES string of the molecule is CC1CN(CC2CCN(CC(=O)NC3CCCC(C)C3C)CC2)CC(C)O1. The van der Waals surface area contributed by atoms with Crippen LogP contribution in [0.25, 0.3) is 0 Å². The molecule has 2 heterocycles. The first-order chi connectivity index (χ1) is 12.9. The Labute approximate surface area is 166 Å². The predicted molar refractivity (Wildman–Crippen MR) is 110 cm³/mol. The van der Waals surface area contributed by atoms with Gasteiger partial charge < -0.3 is 10.1 Å². The summed E-state index contributed by atoms with van der Waals surface area (Å²) in [6.07, 6.45) is 6.83. The number of amides is 1. The minimum atomic E-state index is 0.232. The molecule has 2 aliphatic heterocycles. The molecule has 3 aliphatic rings. The van der Waals surface area contributed by atoms with E-state index < -0.39 is 0 Å². The minimum Gasteiger partial charge on any atom is -0.373 e. The lowest BCUT2D eigenvalue weighted by Gasteiger charge is -2.39. The van der Waals surface area contributed by atoms with Crippen LogP contribution in [0, 0.1) is 17.8 Å². The van der Waals surface area contributed by atoms with Crippen LogP contribution in [0.4, 0.5) is 0 Å². The third-order valence-corrected chi connectivity index (χ3v) is 7.14. The highest BCUT2D eigenvalue weighted by molar-refractivity contribution is 5.78. The summed E-state index contributed by atoms with van der Waals surface area (Å²) in [5.74, 6) is 2.33. The van der Waals surface area contributed by atoms with Crippen molar-refractivity contribution in [3.05, 3.63) is 0 Å². The third-order valence-electron chi connectivity index (χ3n) is 7.14. The fourth-order valence-corrected chi connectivity index (χ4v) is 5.37. The molecule has 156 valence electrons. The van der Waals surface area contributed by atoms with E-state index in [1.807, 2.05) is 0 Å². The summed E-state index contributed by atoms with van der Waals surface area (Å²) in [5, 5.41) is 3.33. The molecular formula is C22H41N3O2. The molecule has 0 aromatic heterocycles. The average molecular weight is 380 g/mol. The van der Waals surface area contributed by atoms with Crippen LogP contribution < -0.4 is 5.32 Å². The van der Waals surface area contributed by atoms with Crippen LogP contribution >= 0.6 is 0 Å². The lowest BCUT2D eigenvalue weighted by atomic mass is 9.78. The van der Waals surface area contributed by atoms with Gasteiger partial charge in [-0.3, -0.25) is 14.6 Å². The first-order valence-corrected chi connectivity index (χ1v) is 11.3. The molecule has 5 nitrogen and oxygen atoms in total. The predicted octanol–water partition coefficient (Wildman–Crippen LogP) is 2.75. The highest BCUT2D eigenvalue weighted by Crippen LogP contribution is 2.29. The summed E-state index contributed by atoms with van der Waals surface area (Å²) >= 11 is 0. The molecule has 3 rings (SSSR count). The Morgan fingerprint density at radius 3 is 2.30 bits per heavy atom. The van der Waals surface area contributed by atoms with E-state index in [1.54, 1.807) is 0 Å². The van der Waals surface area contributed by atoms with Gasteiger partial charge in [0.25, 0.3) is 0 Å². The second-order valence-electron chi connectivity index (χ2n) is 9.64. The number of nitrogens with one attached hydrogen (secondary N) is 1. The van der Waals surface area contributed by atoms with Crippen molar-refractivity contribution in [1.29, 1.82) is 0 Å². The molecule has 1 N–H and O–H groups in total. The van der Waals surface area contributed by atoms with Crippen LogP contribution in [0.15, 0.2) is 0 Å². The van der Waals surface area contributed by atoms with Crippen LogP contribution in [0.2, 0.25) is 0 Å². The van der Waals surface area contributed by atoms with E-state index in [0.717, 1.165) is 44.4 Å². The van der Waals surface area contributed by atoms with Gasteiger partial charge in [0.1, 0.15) is 0 Å². The van der Waals surface area contributed by atoms with Crippen molar-refractivity contribution in [2.24, 2.45) is 17.8 Å². The molecule has 0 aromatic rings. The smallest absolute Gasteiger partial charge is 0.234 e. The number of morpholine rings is 1. The van der Waals surface area contributed by atoms with Crippen molar-refractivity contribution in [2.75, 3.05) is 39.3 Å². The quantitative estimate of drug-likeness (QED) is 0.798. The first kappa shape index (κ1) is 21.1. The van der Waals surface area contributed by atoms with Crippen molar-refractivity contribution >= 4 is 5.91 Å². The summed E-state index contributed by atoms with van der Waals surface area (Å²) < 4.78 is 5.85. The van der Waals surface area contributed by atoms with Crippen molar-refractivity contribution < 1.29 is 9.53 Å². The van der Waals surface area contributed by atoms with Gasteiger partial charge in [-0.2, -0.15) is 0 Å². The molecule has 0 aromatic carbocycles. The van der Waals surface area contributed by atoms with Crippen molar-refractivity contribution in [3.63, 3.8) is 0 Å². The number of ether oxygens (including phenoxy) is 1. The van der Waals surface area contributed by atoms with E-state index in [2.05, 4.69) is 42.8 Å². The number of nitrogens with zero attached hydrogens (tertiary/aromatic N) is 2. The average Bonchev–Trinajstić information content (AvgIpc) is 2.60. The van der Waals surface area contributed by atoms with Gasteiger partial charge in [0.2, 0.25) is 5.91 Å². The van der Waals surface area contributed by atoms with E-state index in [9.17, 15) is 4.79 Å². The lowest BCUT2D eigenvalue weighted by molar-refractivity contribution is -0.124. The van der Waals surface area contributed by atoms with Crippen molar-refractivity contribution in [1.82, 2.24) is 15.1 Å². The van der Waals surface area contributed by atoms with E-state index in [-0.39, 0.29) is 5.91 Å². The van der Waals surface area contributed by atoms with Gasteiger partial charge in [-0.15, -0.1) is 0 Å². The molecule has 0 radical (unpaired) electrons. The van der Waals surface area contributed by atoms with Crippen molar-refractivity contribution in [2.45, 2.75) is 78.0 Å². The Morgan fingerprint density at radius 1 is 0.963 bits per heavy atom. The molecule has 1 aliphatic carbocycles. The molecular weight excluding hydrogens is 338 g/mol. The molecule has 5 heteroatoms. The van der Waals surface area contributed by atoms with Crippen LogP contribution in [-0.2, 0) is 9.53 Å². The monoisotopic (exact) mass is 379 g/mol. The van der Waals surface area contributed by atoms with Gasteiger partial charge in [-0.25, -0.2) is 0 Å². The normalized spacial score (nSPS) is 37.3. The molecule has 0 bridgehead atoms. The maximum Gasteiger partial charge on any atom is 0.234 e. The number of rotatable bonds is 5. The van der Waals surface area contributed by atoms with Gasteiger partial charge in [-0.05, 0) is 64.0 Å². The maximum atomic E-state index is 12.5. The zero-order valence-corrected chi connectivity index (χ0v) is 18.0. The Kier molecular flexibility index (Phi) is 7.57. The summed E-state index contributed by atoms with van der Waals surface area (Å²) in [4.78, 5) is 17.5. The molecule has 1 saturated carbocycles. The Hall–Kier alpha value is -0.650. The number of piperidine rings is 1. The van der Waals surface area contributed by atoms with E-state index in [4.69, 9.17) is 4.74 Å². The number of carbonyl (C=O) groups excluding carboxylic acids is 1. The largest absolute Gasteiger partial charge is 0.373 e. The Morgan fingerprint density at radius 2 is 1.63 bits per heavy atom. The Bertz CT molecular complexity index is 468. The fraction of sp³-hybridized carbons (Fsp3) is 0.955. The van der Waals surface area contributed by atoms with E-state index in [1.165, 1.54) is 32.2 Å². The summed E-state index contributed by atoms with van der Waals surface area (Å²) in [6, 6.07) is 0.379. The second kappa shape index (κ2) is 9.71. The lowest BCUT2D eigenvalue weighted by Crippen LogP contribution is -2.50. The van der Waals surface area contributed by atoms with Crippen LogP contribution in [0.1, 0.15) is 59.8 Å². The van der Waals surface area contributed by atoms with E-state index in [0.29, 0.717) is 30.7 Å². The molecule has 5 atom stereocenters. The maximum absolute atomic E-state index is 12.5. The fourth-order valence-electron chi connectivity index (χ4n) is 5.37. The van der Waals surface area contributed by atoms with Gasteiger partial charge >= 0.3 is 0 Å². The van der Waals surface area contributed by atoms with Gasteiger partial charge in [0.05, 0.1) is 18.8 Å². The number of hydrogen-bond acceptors (Lipinski definition) is 4. The van der Waals surface area contributed by atoms with Crippen LogP contribution in [-0.4, -0.2) is 73.2 Å². The minimum absolute atomic E-state index is 0.232. The summed E-state index contributed by atoms with van der Waals surface area (Å²) in [7, 11) is 0. The van der Waals surface area contributed by atoms with Crippen LogP contribution in [0.5, 0.6) is 0 Å². The number of likely N-dealkylation sites (tertiary alicyclic amines) is 1. The summed E-state index contributed by atoms with van der Waals surface area (Å²) in [6.45, 7) is 15.0. The second-order valence-corrected chi connectivity index (χ2v) is 9.64. The topological polar surface area (TPSA) is 44.8 Å². The highest BCUT2D eigenvalue weighted by Gasteiger charge is 2.30. The molecule has 27 heavy (non-hydrogen) atoms. The molecule has 3 fully saturated rings. The molecule has 1 amide bonds. The zero-order valence-electron chi connectivity index (χ0n) is 18.0. The van der Waals surface area contributed by atoms with Gasteiger partial charge in [-0.1, -0.05) is 26.7 Å². The van der Waals surface area contributed by atoms with Crippen LogP contribution in [0.3, 0.4) is 0 Å². The molecule has 5 unspecified atom stereocenters. The highest BCUT2D eigenvalue weighted by atomic mass is 16.5. The Balaban J connectivity index is 1.36.